The molecule has 48 heavy (non-hydrogen) atoms. The molecule has 0 N–H and O–H groups in total. The second-order valence-corrected chi connectivity index (χ2v) is 24.2. The van der Waals surface area contributed by atoms with Gasteiger partial charge in [-0.2, -0.15) is 0 Å². The summed E-state index contributed by atoms with van der Waals surface area (Å²) in [4.78, 5) is 9.27. The third kappa shape index (κ3) is 7.57. The van der Waals surface area contributed by atoms with Crippen molar-refractivity contribution in [2.75, 3.05) is 0 Å². The number of pyridine rings is 2. The van der Waals surface area contributed by atoms with Gasteiger partial charge in [-0.1, -0.05) is 97.6 Å². The molecule has 0 aliphatic carbocycles. The van der Waals surface area contributed by atoms with Crippen molar-refractivity contribution in [1.82, 2.24) is 9.97 Å². The van der Waals surface area contributed by atoms with Crippen LogP contribution in [0.5, 0.6) is 0 Å². The fourth-order valence-corrected chi connectivity index (χ4v) is 9.68. The molecule has 0 saturated heterocycles. The van der Waals surface area contributed by atoms with Gasteiger partial charge in [-0.05, 0) is 35.0 Å². The SMILES string of the molecule is CC(C)C(C)c1ccnc(-c2[c-]cc(-c3ccccc3)c3c2oc2ccccc23)c1.Cc1cc(-c2[c-]cccc2)nc[c]1[Ge]([CH3])([CH3])[CH3].[Ir]. The summed E-state index contributed by atoms with van der Waals surface area (Å²) in [6.07, 6.45) is 3.97. The summed E-state index contributed by atoms with van der Waals surface area (Å²) in [6.45, 7) is 8.97. The van der Waals surface area contributed by atoms with Crippen LogP contribution in [0.1, 0.15) is 37.8 Å². The summed E-state index contributed by atoms with van der Waals surface area (Å²) < 4.78 is 7.87. The van der Waals surface area contributed by atoms with E-state index < -0.39 is 13.3 Å². The Morgan fingerprint density at radius 3 is 2.19 bits per heavy atom. The smallest absolute Gasteiger partial charge is 0 e. The van der Waals surface area contributed by atoms with E-state index in [4.69, 9.17) is 4.42 Å². The van der Waals surface area contributed by atoms with Gasteiger partial charge in [-0.15, -0.1) is 12.1 Å². The number of nitrogens with zero attached hydrogens (tertiary/aromatic N) is 2. The molecule has 3 heterocycles. The molecule has 0 fully saturated rings. The van der Waals surface area contributed by atoms with Crippen LogP contribution in [-0.4, -0.2) is 23.2 Å². The molecule has 1 atom stereocenters. The molecule has 4 aromatic carbocycles. The maximum Gasteiger partial charge on any atom is 0 e. The normalized spacial score (nSPS) is 12.0. The van der Waals surface area contributed by atoms with Crippen LogP contribution in [-0.2, 0) is 20.1 Å². The van der Waals surface area contributed by atoms with E-state index in [0.29, 0.717) is 11.8 Å². The Balaban J connectivity index is 0.000000214. The van der Waals surface area contributed by atoms with E-state index in [1.54, 1.807) is 0 Å². The molecule has 0 bridgehead atoms. The first kappa shape index (κ1) is 35.5. The van der Waals surface area contributed by atoms with Gasteiger partial charge in [0.05, 0.1) is 5.58 Å². The summed E-state index contributed by atoms with van der Waals surface area (Å²) in [6, 6.07) is 41.9. The molecule has 0 aliphatic rings. The van der Waals surface area contributed by atoms with E-state index in [1.165, 1.54) is 15.5 Å². The number of rotatable bonds is 6. The van der Waals surface area contributed by atoms with Crippen LogP contribution in [0, 0.1) is 25.0 Å². The first-order valence-corrected chi connectivity index (χ1v) is 23.8. The van der Waals surface area contributed by atoms with Gasteiger partial charge in [0.15, 0.2) is 0 Å². The van der Waals surface area contributed by atoms with Crippen LogP contribution in [0.4, 0.5) is 0 Å². The van der Waals surface area contributed by atoms with Gasteiger partial charge < -0.3 is 9.40 Å². The van der Waals surface area contributed by atoms with Gasteiger partial charge in [0.25, 0.3) is 0 Å². The minimum Gasteiger partial charge on any atom is 0 e. The quantitative estimate of drug-likeness (QED) is 0.123. The van der Waals surface area contributed by atoms with Crippen LogP contribution in [0.15, 0.2) is 120 Å². The molecule has 5 heteroatoms. The van der Waals surface area contributed by atoms with Crippen LogP contribution < -0.4 is 4.40 Å². The molecule has 3 nitrogen and oxygen atoms in total. The second-order valence-electron chi connectivity index (χ2n) is 13.7. The maximum atomic E-state index is 6.38. The number of para-hydroxylation sites is 1. The van der Waals surface area contributed by atoms with Crippen molar-refractivity contribution in [1.29, 1.82) is 0 Å². The van der Waals surface area contributed by atoms with Gasteiger partial charge in [0.2, 0.25) is 0 Å². The van der Waals surface area contributed by atoms with E-state index in [2.05, 4.69) is 140 Å². The van der Waals surface area contributed by atoms with Crippen LogP contribution in [0.2, 0.25) is 17.3 Å². The van der Waals surface area contributed by atoms with Gasteiger partial charge in [-0.25, -0.2) is 0 Å². The Morgan fingerprint density at radius 1 is 0.771 bits per heavy atom. The molecular weight excluding hydrogens is 825 g/mol. The van der Waals surface area contributed by atoms with E-state index in [-0.39, 0.29) is 20.1 Å². The zero-order valence-corrected chi connectivity index (χ0v) is 33.3. The minimum absolute atomic E-state index is 0. The number of hydrogen-bond donors (Lipinski definition) is 0. The fourth-order valence-electron chi connectivity index (χ4n) is 6.10. The molecule has 7 rings (SSSR count). The zero-order chi connectivity index (χ0) is 33.1. The van der Waals surface area contributed by atoms with Gasteiger partial charge >= 0.3 is 106 Å². The monoisotopic (exact) mass is 869 g/mol. The average molecular weight is 868 g/mol. The topological polar surface area (TPSA) is 38.9 Å². The standard InChI is InChI=1S/C28H24NO.C15H18GeN.Ir/c1-18(2)19(3)21-15-16-29-25(17-21)23-14-13-22(20-9-5-4-6-10-20)27-24-11-7-8-12-26(24)30-28(23)27;1-12-10-15(13-8-6-5-7-9-13)17-11-14(12)16(2,3)4;/h4-13,15-19H,1-3H3;5-8,10-11H,1-4H3;/q2*-1;. The summed E-state index contributed by atoms with van der Waals surface area (Å²) in [5, 5.41) is 2.24. The number of aryl methyl sites for hydroxylation is 1. The molecule has 0 saturated carbocycles. The predicted molar refractivity (Wildman–Crippen MR) is 201 cm³/mol. The zero-order valence-electron chi connectivity index (χ0n) is 28.8. The van der Waals surface area contributed by atoms with E-state index in [0.717, 1.165) is 55.6 Å². The number of benzene rings is 4. The van der Waals surface area contributed by atoms with Crippen molar-refractivity contribution in [3.63, 3.8) is 0 Å². The summed E-state index contributed by atoms with van der Waals surface area (Å²) >= 11 is -1.77. The molecule has 0 aliphatic heterocycles. The average Bonchev–Trinajstić information content (AvgIpc) is 3.48. The molecule has 1 unspecified atom stereocenters. The van der Waals surface area contributed by atoms with Crippen LogP contribution in [0.25, 0.3) is 55.6 Å². The molecule has 245 valence electrons. The van der Waals surface area contributed by atoms with Crippen molar-refractivity contribution < 1.29 is 24.5 Å². The second kappa shape index (κ2) is 15.2. The van der Waals surface area contributed by atoms with Crippen molar-refractivity contribution >= 4 is 39.6 Å². The number of hydrogen-bond acceptors (Lipinski definition) is 3. The first-order valence-electron chi connectivity index (χ1n) is 16.4. The number of furan rings is 1. The first-order chi connectivity index (χ1) is 22.6. The Morgan fingerprint density at radius 2 is 1.50 bits per heavy atom. The molecule has 7 aromatic rings. The third-order valence-corrected chi connectivity index (χ3v) is 13.5. The van der Waals surface area contributed by atoms with Crippen LogP contribution >= 0.6 is 0 Å². The van der Waals surface area contributed by atoms with Crippen molar-refractivity contribution in [2.24, 2.45) is 5.92 Å². The Kier molecular flexibility index (Phi) is 11.2. The van der Waals surface area contributed by atoms with Crippen molar-refractivity contribution in [3.05, 3.63) is 139 Å². The molecule has 0 amide bonds. The molecule has 1 radical (unpaired) electrons. The van der Waals surface area contributed by atoms with E-state index in [9.17, 15) is 0 Å². The van der Waals surface area contributed by atoms with E-state index >= 15 is 0 Å². The van der Waals surface area contributed by atoms with Crippen molar-refractivity contribution in [2.45, 2.75) is 50.9 Å². The third-order valence-electron chi connectivity index (χ3n) is 9.01. The molecular formula is C43H42GeIrN2O-2. The fraction of sp³-hybridized carbons (Fsp3) is 0.209. The number of aromatic nitrogens is 2. The minimum atomic E-state index is -1.77. The van der Waals surface area contributed by atoms with Crippen LogP contribution in [0.3, 0.4) is 0 Å². The maximum absolute atomic E-state index is 6.38. The van der Waals surface area contributed by atoms with Gasteiger partial charge in [-0.3, -0.25) is 0 Å². The van der Waals surface area contributed by atoms with Crippen molar-refractivity contribution in [3.8, 4) is 33.6 Å². The molecule has 3 aromatic heterocycles. The Labute approximate surface area is 301 Å². The predicted octanol–water partition coefficient (Wildman–Crippen LogP) is 11.3. The summed E-state index contributed by atoms with van der Waals surface area (Å²) in [5.41, 5.74) is 10.6. The number of fused-ring (bicyclic) bond motifs is 3. The van der Waals surface area contributed by atoms with E-state index in [1.807, 2.05) is 42.6 Å². The van der Waals surface area contributed by atoms with Gasteiger partial charge in [0, 0.05) is 31.7 Å². The summed E-state index contributed by atoms with van der Waals surface area (Å²) in [7, 11) is 0. The summed E-state index contributed by atoms with van der Waals surface area (Å²) in [5.74, 6) is 8.23. The Hall–Kier alpha value is -3.83. The largest absolute Gasteiger partial charge is 0 e. The van der Waals surface area contributed by atoms with Gasteiger partial charge in [0.1, 0.15) is 5.58 Å². The Bertz CT molecular complexity index is 2130. The molecule has 0 spiro atoms.